The zero-order chi connectivity index (χ0) is 17.8. The smallest absolute Gasteiger partial charge is 0.255 e. The molecule has 1 aliphatic heterocycles. The number of nitrogens with one attached hydrogen (secondary N) is 1. The van der Waals surface area contributed by atoms with Gasteiger partial charge in [-0.2, -0.15) is 0 Å². The molecule has 2 aromatic rings. The van der Waals surface area contributed by atoms with Crippen molar-refractivity contribution in [1.82, 2.24) is 9.88 Å². The number of carbonyl (C=O) groups excluding carboxylic acids is 1. The Morgan fingerprint density at radius 2 is 1.80 bits per heavy atom. The lowest BCUT2D eigenvalue weighted by molar-refractivity contribution is 0.0697. The van der Waals surface area contributed by atoms with Crippen LogP contribution in [0.5, 0.6) is 0 Å². The van der Waals surface area contributed by atoms with E-state index in [2.05, 4.69) is 55.3 Å². The first-order chi connectivity index (χ1) is 12.0. The summed E-state index contributed by atoms with van der Waals surface area (Å²) < 4.78 is 0. The van der Waals surface area contributed by atoms with Gasteiger partial charge in [-0.25, -0.2) is 0 Å². The fourth-order valence-electron chi connectivity index (χ4n) is 3.14. The molecule has 1 fully saturated rings. The van der Waals surface area contributed by atoms with E-state index in [0.717, 1.165) is 37.3 Å². The van der Waals surface area contributed by atoms with Crippen molar-refractivity contribution in [3.05, 3.63) is 53.9 Å². The summed E-state index contributed by atoms with van der Waals surface area (Å²) in [4.78, 5) is 18.9. The summed E-state index contributed by atoms with van der Waals surface area (Å²) >= 11 is 0. The van der Waals surface area contributed by atoms with Crippen molar-refractivity contribution in [3.8, 4) is 0 Å². The Kier molecular flexibility index (Phi) is 5.37. The minimum Gasteiger partial charge on any atom is -0.354 e. The zero-order valence-corrected chi connectivity index (χ0v) is 15.3. The van der Waals surface area contributed by atoms with Crippen molar-refractivity contribution in [2.45, 2.75) is 39.5 Å². The van der Waals surface area contributed by atoms with E-state index in [1.165, 1.54) is 5.56 Å². The molecule has 25 heavy (non-hydrogen) atoms. The highest BCUT2D eigenvalue weighted by Gasteiger charge is 2.21. The predicted octanol–water partition coefficient (Wildman–Crippen LogP) is 4.82. The first kappa shape index (κ1) is 17.5. The maximum atomic E-state index is 12.7. The molecule has 1 aliphatic rings. The number of pyridine rings is 1. The number of rotatable bonds is 4. The summed E-state index contributed by atoms with van der Waals surface area (Å²) in [5.41, 5.74) is 3.81. The van der Waals surface area contributed by atoms with Gasteiger partial charge in [0.05, 0.1) is 17.4 Å². The van der Waals surface area contributed by atoms with Crippen LogP contribution >= 0.6 is 0 Å². The summed E-state index contributed by atoms with van der Waals surface area (Å²) in [6.07, 6.45) is 5.58. The van der Waals surface area contributed by atoms with Gasteiger partial charge in [-0.05, 0) is 48.4 Å². The highest BCUT2D eigenvalue weighted by atomic mass is 16.2. The van der Waals surface area contributed by atoms with Crippen LogP contribution in [0.15, 0.2) is 42.7 Å². The summed E-state index contributed by atoms with van der Waals surface area (Å²) in [5, 5.41) is 3.34. The number of hydrogen-bond acceptors (Lipinski definition) is 3. The summed E-state index contributed by atoms with van der Waals surface area (Å²) in [5.74, 6) is 1.31. The van der Waals surface area contributed by atoms with Gasteiger partial charge in [0.2, 0.25) is 0 Å². The molecule has 1 saturated heterocycles. The van der Waals surface area contributed by atoms with Crippen molar-refractivity contribution in [3.63, 3.8) is 0 Å². The van der Waals surface area contributed by atoms with Crippen LogP contribution in [0.1, 0.15) is 55.5 Å². The lowest BCUT2D eigenvalue weighted by Gasteiger charge is -2.30. The lowest BCUT2D eigenvalue weighted by Crippen LogP contribution is -2.37. The van der Waals surface area contributed by atoms with Crippen molar-refractivity contribution >= 4 is 17.3 Å². The molecule has 0 spiro atoms. The van der Waals surface area contributed by atoms with Gasteiger partial charge in [0.25, 0.3) is 5.91 Å². The van der Waals surface area contributed by atoms with E-state index in [9.17, 15) is 4.79 Å². The molecule has 0 radical (unpaired) electrons. The number of piperidine rings is 1. The Bertz CT molecular complexity index is 716. The molecule has 1 aromatic carbocycles. The van der Waals surface area contributed by atoms with Crippen LogP contribution in [0.2, 0.25) is 0 Å². The Balaban J connectivity index is 1.69. The number of hydrogen-bond donors (Lipinski definition) is 1. The molecule has 4 heteroatoms. The zero-order valence-electron chi connectivity index (χ0n) is 15.3. The van der Waals surface area contributed by atoms with Gasteiger partial charge in [0.1, 0.15) is 0 Å². The molecule has 1 N–H and O–H groups in total. The number of aromatic nitrogens is 1. The van der Waals surface area contributed by atoms with Crippen LogP contribution < -0.4 is 5.32 Å². The second-order valence-corrected chi connectivity index (χ2v) is 7.34. The highest BCUT2D eigenvalue weighted by molar-refractivity contribution is 5.95. The molecule has 1 aromatic heterocycles. The summed E-state index contributed by atoms with van der Waals surface area (Å²) in [7, 11) is 0. The molecule has 132 valence electrons. The van der Waals surface area contributed by atoms with E-state index in [0.29, 0.717) is 17.4 Å². The summed E-state index contributed by atoms with van der Waals surface area (Å²) in [6, 6.07) is 10.3. The second-order valence-electron chi connectivity index (χ2n) is 7.34. The van der Waals surface area contributed by atoms with E-state index in [1.54, 1.807) is 12.4 Å². The number of carbonyl (C=O) groups is 1. The van der Waals surface area contributed by atoms with E-state index < -0.39 is 0 Å². The average molecular weight is 337 g/mol. The molecule has 0 aliphatic carbocycles. The molecule has 0 saturated carbocycles. The van der Waals surface area contributed by atoms with Gasteiger partial charge >= 0.3 is 0 Å². The Labute approximate surface area is 150 Å². The average Bonchev–Trinajstić information content (AvgIpc) is 2.62. The summed E-state index contributed by atoms with van der Waals surface area (Å²) in [6.45, 7) is 8.30. The molecule has 0 atom stereocenters. The third-order valence-electron chi connectivity index (χ3n) is 4.92. The van der Waals surface area contributed by atoms with Gasteiger partial charge in [-0.3, -0.25) is 9.78 Å². The molecule has 4 nitrogen and oxygen atoms in total. The number of likely N-dealkylation sites (tertiary alicyclic amines) is 1. The van der Waals surface area contributed by atoms with Crippen LogP contribution in [0.4, 0.5) is 11.4 Å². The molecule has 2 heterocycles. The Hall–Kier alpha value is -2.36. The van der Waals surface area contributed by atoms with Crippen molar-refractivity contribution in [2.75, 3.05) is 18.4 Å². The van der Waals surface area contributed by atoms with E-state index in [4.69, 9.17) is 0 Å². The molecular formula is C21H27N3O. The van der Waals surface area contributed by atoms with Crippen LogP contribution in [0.3, 0.4) is 0 Å². The van der Waals surface area contributed by atoms with Gasteiger partial charge in [-0.15, -0.1) is 0 Å². The normalized spacial score (nSPS) is 15.4. The van der Waals surface area contributed by atoms with Crippen molar-refractivity contribution < 1.29 is 4.79 Å². The van der Waals surface area contributed by atoms with Gasteiger partial charge in [-0.1, -0.05) is 32.9 Å². The third kappa shape index (κ3) is 4.38. The van der Waals surface area contributed by atoms with Crippen molar-refractivity contribution in [2.24, 2.45) is 5.92 Å². The number of amides is 1. The van der Waals surface area contributed by atoms with Crippen LogP contribution in [-0.2, 0) is 0 Å². The predicted molar refractivity (Wildman–Crippen MR) is 102 cm³/mol. The Morgan fingerprint density at radius 1 is 1.12 bits per heavy atom. The molecular weight excluding hydrogens is 310 g/mol. The third-order valence-corrected chi connectivity index (χ3v) is 4.92. The Morgan fingerprint density at radius 3 is 2.44 bits per heavy atom. The first-order valence-electron chi connectivity index (χ1n) is 9.14. The van der Waals surface area contributed by atoms with Gasteiger partial charge < -0.3 is 10.2 Å². The van der Waals surface area contributed by atoms with E-state index in [-0.39, 0.29) is 5.91 Å². The monoisotopic (exact) mass is 337 g/mol. The standard InChI is InChI=1S/C21H27N3O/c1-15(2)17-4-6-19(7-5-17)23-20-12-18(13-22-14-20)21(25)24-10-8-16(3)9-11-24/h4-7,12-16,23H,8-11H2,1-3H3. The molecule has 3 rings (SSSR count). The SMILES string of the molecule is CC1CCN(C(=O)c2cncc(Nc3ccc(C(C)C)cc3)c2)CC1. The molecule has 1 amide bonds. The largest absolute Gasteiger partial charge is 0.354 e. The topological polar surface area (TPSA) is 45.2 Å². The quantitative estimate of drug-likeness (QED) is 0.870. The minimum atomic E-state index is 0.0817. The van der Waals surface area contributed by atoms with Gasteiger partial charge in [0.15, 0.2) is 0 Å². The fourth-order valence-corrected chi connectivity index (χ4v) is 3.14. The number of nitrogens with zero attached hydrogens (tertiary/aromatic N) is 2. The number of anilines is 2. The fraction of sp³-hybridized carbons (Fsp3) is 0.429. The lowest BCUT2D eigenvalue weighted by atomic mass is 9.99. The van der Waals surface area contributed by atoms with E-state index in [1.807, 2.05) is 11.0 Å². The van der Waals surface area contributed by atoms with E-state index >= 15 is 0 Å². The van der Waals surface area contributed by atoms with Crippen LogP contribution in [0.25, 0.3) is 0 Å². The number of benzene rings is 1. The highest BCUT2D eigenvalue weighted by Crippen LogP contribution is 2.22. The minimum absolute atomic E-state index is 0.0817. The van der Waals surface area contributed by atoms with Crippen molar-refractivity contribution in [1.29, 1.82) is 0 Å². The maximum absolute atomic E-state index is 12.7. The van der Waals surface area contributed by atoms with Gasteiger partial charge in [0, 0.05) is 25.0 Å². The molecule has 0 unspecified atom stereocenters. The van der Waals surface area contributed by atoms with Crippen LogP contribution in [-0.4, -0.2) is 28.9 Å². The molecule has 0 bridgehead atoms. The first-order valence-corrected chi connectivity index (χ1v) is 9.14. The maximum Gasteiger partial charge on any atom is 0.255 e. The second kappa shape index (κ2) is 7.68. The van der Waals surface area contributed by atoms with Crippen LogP contribution in [0, 0.1) is 5.92 Å².